The number of hydrogen-bond donors (Lipinski definition) is 0. The summed E-state index contributed by atoms with van der Waals surface area (Å²) in [6.07, 6.45) is 7.87. The van der Waals surface area contributed by atoms with Gasteiger partial charge < -0.3 is 14.2 Å². The molecule has 0 aliphatic carbocycles. The van der Waals surface area contributed by atoms with Crippen LogP contribution in [0.25, 0.3) is 0 Å². The quantitative estimate of drug-likeness (QED) is 0.293. The second-order valence-electron chi connectivity index (χ2n) is 9.07. The van der Waals surface area contributed by atoms with Crippen LogP contribution in [0.4, 0.5) is 0 Å². The summed E-state index contributed by atoms with van der Waals surface area (Å²) in [6, 6.07) is -1.34. The van der Waals surface area contributed by atoms with E-state index < -0.39 is 35.2 Å². The molecule has 33 heavy (non-hydrogen) atoms. The molecule has 0 spiro atoms. The summed E-state index contributed by atoms with van der Waals surface area (Å²) >= 11 is 0. The van der Waals surface area contributed by atoms with Crippen molar-refractivity contribution in [2.75, 3.05) is 19.8 Å². The van der Waals surface area contributed by atoms with E-state index in [1.165, 1.54) is 13.7 Å². The van der Waals surface area contributed by atoms with Crippen LogP contribution in [0.15, 0.2) is 52.3 Å². The van der Waals surface area contributed by atoms with Gasteiger partial charge in [0, 0.05) is 18.1 Å². The minimum atomic E-state index is -0.596. The predicted molar refractivity (Wildman–Crippen MR) is 124 cm³/mol. The fraction of sp³-hybridized carbons (Fsp3) is 0.625. The van der Waals surface area contributed by atoms with E-state index in [4.69, 9.17) is 14.2 Å². The maximum absolute atomic E-state index is 13.7. The zero-order valence-corrected chi connectivity index (χ0v) is 19.0. The molecule has 3 aliphatic rings. The van der Waals surface area contributed by atoms with Crippen LogP contribution in [0.1, 0.15) is 56.7 Å². The number of ether oxygens (including phenoxy) is 3. The molecule has 6 atom stereocenters. The molecule has 0 N–H and O–H groups in total. The van der Waals surface area contributed by atoms with E-state index >= 15 is 0 Å². The van der Waals surface area contributed by atoms with Gasteiger partial charge in [-0.05, 0) is 38.5 Å². The highest BCUT2D eigenvalue weighted by Gasteiger charge is 2.35. The van der Waals surface area contributed by atoms with Crippen LogP contribution in [0.2, 0.25) is 0 Å². The normalized spacial score (nSPS) is 25.6. The second kappa shape index (κ2) is 10.2. The Hall–Kier alpha value is -2.49. The average Bonchev–Trinajstić information content (AvgIpc) is 3.59. The summed E-state index contributed by atoms with van der Waals surface area (Å²) in [4.78, 5) is 41.2. The van der Waals surface area contributed by atoms with E-state index in [-0.39, 0.29) is 18.3 Å². The third-order valence-electron chi connectivity index (χ3n) is 6.46. The number of nitrogens with zero attached hydrogens (tertiary/aromatic N) is 3. The molecular formula is C24H33N3O6. The van der Waals surface area contributed by atoms with Gasteiger partial charge in [-0.15, -0.1) is 19.7 Å². The first-order valence-electron chi connectivity index (χ1n) is 11.7. The molecule has 1 aromatic rings. The lowest BCUT2D eigenvalue weighted by Gasteiger charge is -2.26. The Morgan fingerprint density at radius 1 is 0.636 bits per heavy atom. The van der Waals surface area contributed by atoms with Crippen molar-refractivity contribution in [1.29, 1.82) is 0 Å². The molecular weight excluding hydrogens is 426 g/mol. The molecule has 0 amide bonds. The van der Waals surface area contributed by atoms with Gasteiger partial charge in [0.25, 0.3) is 0 Å². The summed E-state index contributed by atoms with van der Waals surface area (Å²) in [5, 5.41) is 0. The van der Waals surface area contributed by atoms with Gasteiger partial charge in [-0.3, -0.25) is 0 Å². The minimum Gasteiger partial charge on any atom is -0.373 e. The van der Waals surface area contributed by atoms with Gasteiger partial charge >= 0.3 is 17.1 Å². The van der Waals surface area contributed by atoms with Gasteiger partial charge in [-0.25, -0.2) is 28.1 Å². The first kappa shape index (κ1) is 23.7. The lowest BCUT2D eigenvalue weighted by molar-refractivity contribution is 0.273. The third-order valence-corrected chi connectivity index (χ3v) is 6.46. The van der Waals surface area contributed by atoms with Crippen LogP contribution in [0.5, 0.6) is 0 Å². The summed E-state index contributed by atoms with van der Waals surface area (Å²) in [5.74, 6) is 0. The third kappa shape index (κ3) is 5.54. The SMILES string of the molecule is C=CCC(CC1CO1)n1c(=O)n(C(CC=C)CC2CO2)c(=O)n(C(CC=C)CC2CO2)c1=O. The Balaban J connectivity index is 1.89. The van der Waals surface area contributed by atoms with Crippen molar-refractivity contribution in [3.63, 3.8) is 0 Å². The molecule has 3 aliphatic heterocycles. The van der Waals surface area contributed by atoms with Gasteiger partial charge in [0.1, 0.15) is 0 Å². The van der Waals surface area contributed by atoms with Gasteiger partial charge in [0.15, 0.2) is 0 Å². The van der Waals surface area contributed by atoms with E-state index in [2.05, 4.69) is 19.7 Å². The zero-order valence-electron chi connectivity index (χ0n) is 19.0. The molecule has 0 saturated carbocycles. The first-order valence-corrected chi connectivity index (χ1v) is 11.7. The molecule has 180 valence electrons. The van der Waals surface area contributed by atoms with E-state index in [1.54, 1.807) is 18.2 Å². The summed E-state index contributed by atoms with van der Waals surface area (Å²) in [5.41, 5.74) is -1.79. The molecule has 3 saturated heterocycles. The Morgan fingerprint density at radius 3 is 1.06 bits per heavy atom. The fourth-order valence-electron chi connectivity index (χ4n) is 4.55. The maximum atomic E-state index is 13.7. The first-order chi connectivity index (χ1) is 16.0. The van der Waals surface area contributed by atoms with Crippen LogP contribution >= 0.6 is 0 Å². The smallest absolute Gasteiger partial charge is 0.336 e. The van der Waals surface area contributed by atoms with Gasteiger partial charge in [-0.1, -0.05) is 18.2 Å². The molecule has 6 unspecified atom stereocenters. The lowest BCUT2D eigenvalue weighted by atomic mass is 10.1. The number of aromatic nitrogens is 3. The van der Waals surface area contributed by atoms with Crippen LogP contribution in [-0.4, -0.2) is 51.8 Å². The molecule has 4 heterocycles. The Morgan fingerprint density at radius 2 is 0.879 bits per heavy atom. The Labute approximate surface area is 192 Å². The van der Waals surface area contributed by atoms with Crippen molar-refractivity contribution >= 4 is 0 Å². The summed E-state index contributed by atoms with van der Waals surface area (Å²) < 4.78 is 19.8. The Kier molecular flexibility index (Phi) is 7.31. The predicted octanol–water partition coefficient (Wildman–Crippen LogP) is 1.89. The summed E-state index contributed by atoms with van der Waals surface area (Å²) in [6.45, 7) is 13.2. The number of allylic oxidation sites excluding steroid dienone is 3. The zero-order chi connectivity index (χ0) is 23.5. The van der Waals surface area contributed by atoms with Crippen molar-refractivity contribution in [1.82, 2.24) is 13.7 Å². The van der Waals surface area contributed by atoms with E-state index in [1.807, 2.05) is 0 Å². The molecule has 0 aromatic carbocycles. The van der Waals surface area contributed by atoms with E-state index in [9.17, 15) is 14.4 Å². The summed E-state index contributed by atoms with van der Waals surface area (Å²) in [7, 11) is 0. The van der Waals surface area contributed by atoms with Gasteiger partial charge in [-0.2, -0.15) is 0 Å². The van der Waals surface area contributed by atoms with Crippen molar-refractivity contribution in [2.45, 2.75) is 75.0 Å². The molecule has 0 bridgehead atoms. The van der Waals surface area contributed by atoms with Crippen molar-refractivity contribution < 1.29 is 14.2 Å². The van der Waals surface area contributed by atoms with Crippen LogP contribution in [0, 0.1) is 0 Å². The van der Waals surface area contributed by atoms with Crippen LogP contribution < -0.4 is 17.1 Å². The highest BCUT2D eigenvalue weighted by molar-refractivity contribution is 4.96. The standard InChI is InChI=1S/C24H33N3O6/c1-4-7-16(10-19-13-31-19)25-22(28)26(17(8-5-2)11-20-14-32-20)24(30)27(23(25)29)18(9-6-3)12-21-15-33-21/h4-6,16-21H,1-3,7-15H2. The maximum Gasteiger partial charge on any atom is 0.336 e. The monoisotopic (exact) mass is 459 g/mol. The lowest BCUT2D eigenvalue weighted by Crippen LogP contribution is -2.57. The van der Waals surface area contributed by atoms with Crippen molar-refractivity contribution in [3.05, 3.63) is 69.4 Å². The fourth-order valence-corrected chi connectivity index (χ4v) is 4.55. The Bertz CT molecular complexity index is 894. The van der Waals surface area contributed by atoms with Crippen LogP contribution in [-0.2, 0) is 14.2 Å². The highest BCUT2D eigenvalue weighted by atomic mass is 16.6. The minimum absolute atomic E-state index is 0.00255. The van der Waals surface area contributed by atoms with Gasteiger partial charge in [0.2, 0.25) is 0 Å². The average molecular weight is 460 g/mol. The van der Waals surface area contributed by atoms with Gasteiger partial charge in [0.05, 0.1) is 38.1 Å². The second-order valence-corrected chi connectivity index (χ2v) is 9.07. The molecule has 4 rings (SSSR count). The topological polar surface area (TPSA) is 104 Å². The van der Waals surface area contributed by atoms with E-state index in [0.717, 1.165) is 0 Å². The molecule has 9 nitrogen and oxygen atoms in total. The van der Waals surface area contributed by atoms with Crippen LogP contribution in [0.3, 0.4) is 0 Å². The number of hydrogen-bond acceptors (Lipinski definition) is 6. The number of epoxide rings is 3. The van der Waals surface area contributed by atoms with Crippen molar-refractivity contribution in [3.8, 4) is 0 Å². The molecule has 9 heteroatoms. The molecule has 3 fully saturated rings. The van der Waals surface area contributed by atoms with E-state index in [0.29, 0.717) is 58.3 Å². The molecule has 0 radical (unpaired) electrons. The van der Waals surface area contributed by atoms with Crippen molar-refractivity contribution in [2.24, 2.45) is 0 Å². The largest absolute Gasteiger partial charge is 0.373 e. The number of rotatable bonds is 15. The molecule has 1 aromatic heterocycles. The highest BCUT2D eigenvalue weighted by Crippen LogP contribution is 2.28.